The summed E-state index contributed by atoms with van der Waals surface area (Å²) < 4.78 is 10.0. The number of amides is 1. The van der Waals surface area contributed by atoms with Crippen molar-refractivity contribution >= 4 is 29.2 Å². The van der Waals surface area contributed by atoms with Crippen molar-refractivity contribution in [1.29, 1.82) is 0 Å². The first-order valence-corrected chi connectivity index (χ1v) is 7.41. The Hall–Kier alpha value is -3.05. The number of nitrogens with one attached hydrogen (secondary N) is 1. The summed E-state index contributed by atoms with van der Waals surface area (Å²) in [5, 5.41) is 3.10. The van der Waals surface area contributed by atoms with Crippen LogP contribution in [0.4, 0.5) is 5.69 Å². The number of hydrogen-bond donors (Lipinski definition) is 1. The lowest BCUT2D eigenvalue weighted by atomic mass is 10.2. The van der Waals surface area contributed by atoms with Crippen molar-refractivity contribution in [3.05, 3.63) is 83.3 Å². The highest BCUT2D eigenvalue weighted by Gasteiger charge is 2.11. The molecule has 24 heavy (non-hydrogen) atoms. The molecule has 1 amide bonds. The largest absolute Gasteiger partial charge is 0.472 e. The highest BCUT2D eigenvalue weighted by molar-refractivity contribution is 6.34. The van der Waals surface area contributed by atoms with Gasteiger partial charge < -0.3 is 14.5 Å². The summed E-state index contributed by atoms with van der Waals surface area (Å²) in [5.41, 5.74) is 1.27. The van der Waals surface area contributed by atoms with Gasteiger partial charge in [0.1, 0.15) is 12.0 Å². The quantitative estimate of drug-likeness (QED) is 0.564. The van der Waals surface area contributed by atoms with Gasteiger partial charge in [-0.1, -0.05) is 23.7 Å². The third-order valence-corrected chi connectivity index (χ3v) is 3.53. The maximum absolute atomic E-state index is 12.2. The van der Waals surface area contributed by atoms with E-state index in [9.17, 15) is 9.59 Å². The molecule has 0 radical (unpaired) electrons. The molecule has 0 saturated carbocycles. The van der Waals surface area contributed by atoms with Gasteiger partial charge >= 0.3 is 5.97 Å². The van der Waals surface area contributed by atoms with E-state index in [-0.39, 0.29) is 5.91 Å². The lowest BCUT2D eigenvalue weighted by molar-refractivity contribution is 0.0733. The molecule has 5 nitrogen and oxygen atoms in total. The van der Waals surface area contributed by atoms with Crippen LogP contribution >= 0.6 is 11.6 Å². The van der Waals surface area contributed by atoms with Crippen molar-refractivity contribution in [1.82, 2.24) is 0 Å². The van der Waals surface area contributed by atoms with Crippen LogP contribution in [0.3, 0.4) is 0 Å². The number of ether oxygens (including phenoxy) is 1. The molecule has 1 heterocycles. The minimum absolute atomic E-state index is 0.316. The first kappa shape index (κ1) is 15.8. The lowest BCUT2D eigenvalue weighted by Crippen LogP contribution is -2.12. The molecule has 0 fully saturated rings. The van der Waals surface area contributed by atoms with Gasteiger partial charge in [-0.15, -0.1) is 0 Å². The van der Waals surface area contributed by atoms with E-state index in [0.717, 1.165) is 0 Å². The second kappa shape index (κ2) is 7.02. The van der Waals surface area contributed by atoms with E-state index >= 15 is 0 Å². The van der Waals surface area contributed by atoms with Gasteiger partial charge in [-0.05, 0) is 42.5 Å². The van der Waals surface area contributed by atoms with Gasteiger partial charge in [-0.3, -0.25) is 4.79 Å². The van der Waals surface area contributed by atoms with Gasteiger partial charge in [0.25, 0.3) is 5.91 Å². The fourth-order valence-corrected chi connectivity index (χ4v) is 2.22. The minimum atomic E-state index is -0.517. The highest BCUT2D eigenvalue weighted by atomic mass is 35.5. The molecule has 3 rings (SSSR count). The molecular weight excluding hydrogens is 330 g/mol. The van der Waals surface area contributed by atoms with Crippen LogP contribution in [0.5, 0.6) is 5.75 Å². The Morgan fingerprint density at radius 2 is 1.75 bits per heavy atom. The average Bonchev–Trinajstić information content (AvgIpc) is 3.11. The number of anilines is 1. The number of carbonyl (C=O) groups is 2. The first-order valence-electron chi connectivity index (χ1n) is 7.04. The van der Waals surface area contributed by atoms with E-state index in [4.69, 9.17) is 20.8 Å². The second-order valence-corrected chi connectivity index (χ2v) is 5.27. The monoisotopic (exact) mass is 341 g/mol. The van der Waals surface area contributed by atoms with Crippen LogP contribution in [0.2, 0.25) is 5.02 Å². The maximum atomic E-state index is 12.2. The number of furan rings is 1. The van der Waals surface area contributed by atoms with Crippen molar-refractivity contribution in [2.24, 2.45) is 0 Å². The van der Waals surface area contributed by atoms with Gasteiger partial charge in [0, 0.05) is 5.69 Å². The first-order chi connectivity index (χ1) is 11.6. The second-order valence-electron chi connectivity index (χ2n) is 4.86. The fraction of sp³-hybridized carbons (Fsp3) is 0. The number of hydrogen-bond acceptors (Lipinski definition) is 4. The number of esters is 1. The fourth-order valence-electron chi connectivity index (χ4n) is 2.00. The Kier molecular flexibility index (Phi) is 4.63. The Labute approximate surface area is 142 Å². The van der Waals surface area contributed by atoms with Crippen molar-refractivity contribution in [2.75, 3.05) is 5.32 Å². The molecule has 0 unspecified atom stereocenters. The van der Waals surface area contributed by atoms with Crippen molar-refractivity contribution < 1.29 is 18.7 Å². The predicted octanol–water partition coefficient (Wildman–Crippen LogP) is 4.40. The molecule has 0 saturated heterocycles. The zero-order chi connectivity index (χ0) is 16.9. The molecular formula is C18H12ClNO4. The molecule has 0 aliphatic heterocycles. The molecule has 6 heteroatoms. The summed E-state index contributed by atoms with van der Waals surface area (Å²) in [6.45, 7) is 0. The Morgan fingerprint density at radius 1 is 1.00 bits per heavy atom. The molecule has 0 spiro atoms. The van der Waals surface area contributed by atoms with Gasteiger partial charge in [0.15, 0.2) is 0 Å². The molecule has 0 atom stereocenters. The molecule has 3 aromatic rings. The van der Waals surface area contributed by atoms with Gasteiger partial charge in [-0.2, -0.15) is 0 Å². The Morgan fingerprint density at radius 3 is 2.42 bits per heavy atom. The SMILES string of the molecule is O=C(Oc1ccc(NC(=O)c2ccccc2Cl)cc1)c1ccoc1. The van der Waals surface area contributed by atoms with Crippen molar-refractivity contribution in [3.8, 4) is 5.75 Å². The van der Waals surface area contributed by atoms with Gasteiger partial charge in [0.2, 0.25) is 0 Å². The Bertz CT molecular complexity index is 857. The molecule has 0 bridgehead atoms. The van der Waals surface area contributed by atoms with E-state index in [1.54, 1.807) is 48.5 Å². The normalized spacial score (nSPS) is 10.2. The molecule has 120 valence electrons. The van der Waals surface area contributed by atoms with Crippen LogP contribution in [-0.4, -0.2) is 11.9 Å². The van der Waals surface area contributed by atoms with E-state index in [1.807, 2.05) is 0 Å². The van der Waals surface area contributed by atoms with E-state index in [2.05, 4.69) is 5.32 Å². The van der Waals surface area contributed by atoms with Crippen LogP contribution < -0.4 is 10.1 Å². The lowest BCUT2D eigenvalue weighted by Gasteiger charge is -2.08. The third kappa shape index (κ3) is 3.64. The Balaban J connectivity index is 1.65. The van der Waals surface area contributed by atoms with Crippen LogP contribution in [-0.2, 0) is 0 Å². The summed E-state index contributed by atoms with van der Waals surface area (Å²) in [4.78, 5) is 24.0. The highest BCUT2D eigenvalue weighted by Crippen LogP contribution is 2.20. The van der Waals surface area contributed by atoms with Crippen LogP contribution in [0.25, 0.3) is 0 Å². The number of halogens is 1. The smallest absolute Gasteiger partial charge is 0.346 e. The van der Waals surface area contributed by atoms with Crippen LogP contribution in [0.15, 0.2) is 71.5 Å². The van der Waals surface area contributed by atoms with Crippen molar-refractivity contribution in [3.63, 3.8) is 0 Å². The molecule has 1 N–H and O–H groups in total. The predicted molar refractivity (Wildman–Crippen MR) is 89.5 cm³/mol. The zero-order valence-electron chi connectivity index (χ0n) is 12.4. The van der Waals surface area contributed by atoms with Crippen molar-refractivity contribution in [2.45, 2.75) is 0 Å². The molecule has 0 aliphatic carbocycles. The summed E-state index contributed by atoms with van der Waals surface area (Å²) in [5.74, 6) is -0.475. The number of rotatable bonds is 4. The van der Waals surface area contributed by atoms with Crippen LogP contribution in [0, 0.1) is 0 Å². The van der Waals surface area contributed by atoms with E-state index in [0.29, 0.717) is 27.6 Å². The average molecular weight is 342 g/mol. The number of carbonyl (C=O) groups excluding carboxylic acids is 2. The van der Waals surface area contributed by atoms with E-state index in [1.165, 1.54) is 18.6 Å². The summed E-state index contributed by atoms with van der Waals surface area (Å²) in [6.07, 6.45) is 2.70. The summed E-state index contributed by atoms with van der Waals surface area (Å²) in [7, 11) is 0. The number of benzene rings is 2. The molecule has 0 aliphatic rings. The van der Waals surface area contributed by atoms with Gasteiger partial charge in [0.05, 0.1) is 22.4 Å². The summed E-state index contributed by atoms with van der Waals surface area (Å²) in [6, 6.07) is 14.7. The molecule has 1 aromatic heterocycles. The third-order valence-electron chi connectivity index (χ3n) is 3.20. The maximum Gasteiger partial charge on any atom is 0.346 e. The van der Waals surface area contributed by atoms with Gasteiger partial charge in [-0.25, -0.2) is 4.79 Å². The topological polar surface area (TPSA) is 68.5 Å². The molecule has 2 aromatic carbocycles. The zero-order valence-corrected chi connectivity index (χ0v) is 13.1. The van der Waals surface area contributed by atoms with Crippen LogP contribution in [0.1, 0.15) is 20.7 Å². The van der Waals surface area contributed by atoms with E-state index < -0.39 is 5.97 Å². The minimum Gasteiger partial charge on any atom is -0.472 e. The standard InChI is InChI=1S/C18H12ClNO4/c19-16-4-2-1-3-15(16)17(21)20-13-5-7-14(8-6-13)24-18(22)12-9-10-23-11-12/h1-11H,(H,20,21). The summed E-state index contributed by atoms with van der Waals surface area (Å²) >= 11 is 5.99.